The first-order valence-electron chi connectivity index (χ1n) is 7.57. The van der Waals surface area contributed by atoms with E-state index in [0.29, 0.717) is 17.1 Å². The van der Waals surface area contributed by atoms with E-state index in [-0.39, 0.29) is 17.8 Å². The van der Waals surface area contributed by atoms with Crippen molar-refractivity contribution in [3.05, 3.63) is 52.0 Å². The number of rotatable bonds is 6. The molecule has 0 bridgehead atoms. The van der Waals surface area contributed by atoms with Crippen molar-refractivity contribution in [3.63, 3.8) is 0 Å². The second kappa shape index (κ2) is 8.53. The maximum absolute atomic E-state index is 12.0. The summed E-state index contributed by atoms with van der Waals surface area (Å²) in [5.74, 6) is 0.903. The van der Waals surface area contributed by atoms with Gasteiger partial charge < -0.3 is 14.6 Å². The summed E-state index contributed by atoms with van der Waals surface area (Å²) in [6, 6.07) is 9.48. The van der Waals surface area contributed by atoms with Gasteiger partial charge in [-0.3, -0.25) is 4.79 Å². The first kappa shape index (κ1) is 18.8. The molecule has 0 spiro atoms. The Balaban J connectivity index is 2.11. The molecular weight excluding hydrogens is 388 g/mol. The number of ether oxygens (including phenoxy) is 2. The van der Waals surface area contributed by atoms with Gasteiger partial charge >= 0.3 is 0 Å². The Morgan fingerprint density at radius 2 is 1.96 bits per heavy atom. The number of aromatic hydroxyl groups is 1. The summed E-state index contributed by atoms with van der Waals surface area (Å²) in [7, 11) is 1.56. The average molecular weight is 407 g/mol. The molecule has 0 aliphatic rings. The second-order valence-corrected chi connectivity index (χ2v) is 6.30. The summed E-state index contributed by atoms with van der Waals surface area (Å²) in [5, 5.41) is 13.2. The quantitative estimate of drug-likeness (QED) is 0.565. The van der Waals surface area contributed by atoms with E-state index in [1.54, 1.807) is 13.2 Å². The van der Waals surface area contributed by atoms with E-state index >= 15 is 0 Å². The molecule has 0 radical (unpaired) electrons. The number of hydrogen-bond acceptors (Lipinski definition) is 5. The SMILES string of the molecule is COc1cc(/C=N\NC(=O)c2ccc(O)cc2)cc(Br)c1OC(C)C. The maximum Gasteiger partial charge on any atom is 0.271 e. The molecule has 2 rings (SSSR count). The van der Waals surface area contributed by atoms with Crippen LogP contribution >= 0.6 is 15.9 Å². The fourth-order valence-corrected chi connectivity index (χ4v) is 2.56. The number of nitrogens with one attached hydrogen (secondary N) is 1. The van der Waals surface area contributed by atoms with Gasteiger partial charge in [0.25, 0.3) is 5.91 Å². The predicted molar refractivity (Wildman–Crippen MR) is 99.6 cm³/mol. The molecule has 0 saturated carbocycles. The van der Waals surface area contributed by atoms with Gasteiger partial charge in [-0.1, -0.05) is 0 Å². The summed E-state index contributed by atoms with van der Waals surface area (Å²) in [4.78, 5) is 12.0. The molecule has 0 saturated heterocycles. The van der Waals surface area contributed by atoms with Gasteiger partial charge in [-0.2, -0.15) is 5.10 Å². The number of benzene rings is 2. The van der Waals surface area contributed by atoms with Crippen molar-refractivity contribution >= 4 is 28.1 Å². The van der Waals surface area contributed by atoms with Crippen molar-refractivity contribution in [1.82, 2.24) is 5.43 Å². The van der Waals surface area contributed by atoms with Crippen LogP contribution < -0.4 is 14.9 Å². The van der Waals surface area contributed by atoms with Crippen LogP contribution in [0.5, 0.6) is 17.2 Å². The van der Waals surface area contributed by atoms with Crippen LogP contribution in [-0.4, -0.2) is 30.4 Å². The van der Waals surface area contributed by atoms with Crippen LogP contribution in [0.3, 0.4) is 0 Å². The Morgan fingerprint density at radius 3 is 2.56 bits per heavy atom. The molecule has 2 aromatic carbocycles. The lowest BCUT2D eigenvalue weighted by atomic mass is 10.2. The summed E-state index contributed by atoms with van der Waals surface area (Å²) in [5.41, 5.74) is 3.56. The molecule has 0 aliphatic heterocycles. The van der Waals surface area contributed by atoms with Crippen LogP contribution in [0.15, 0.2) is 46.0 Å². The van der Waals surface area contributed by atoms with Crippen molar-refractivity contribution in [2.24, 2.45) is 5.10 Å². The van der Waals surface area contributed by atoms with Crippen LogP contribution in [0.2, 0.25) is 0 Å². The summed E-state index contributed by atoms with van der Waals surface area (Å²) >= 11 is 3.45. The summed E-state index contributed by atoms with van der Waals surface area (Å²) in [6.45, 7) is 3.86. The number of carbonyl (C=O) groups is 1. The highest BCUT2D eigenvalue weighted by Crippen LogP contribution is 2.36. The van der Waals surface area contributed by atoms with E-state index in [0.717, 1.165) is 10.0 Å². The van der Waals surface area contributed by atoms with Gasteiger partial charge in [0.1, 0.15) is 5.75 Å². The van der Waals surface area contributed by atoms with E-state index in [9.17, 15) is 9.90 Å². The summed E-state index contributed by atoms with van der Waals surface area (Å²) in [6.07, 6.45) is 1.51. The van der Waals surface area contributed by atoms with Crippen molar-refractivity contribution < 1.29 is 19.4 Å². The minimum atomic E-state index is -0.373. The average Bonchev–Trinajstić information content (AvgIpc) is 2.57. The van der Waals surface area contributed by atoms with Gasteiger partial charge in [-0.25, -0.2) is 5.43 Å². The summed E-state index contributed by atoms with van der Waals surface area (Å²) < 4.78 is 11.8. The highest BCUT2D eigenvalue weighted by atomic mass is 79.9. The Kier molecular flexibility index (Phi) is 6.41. The topological polar surface area (TPSA) is 80.2 Å². The van der Waals surface area contributed by atoms with Gasteiger partial charge in [0.2, 0.25) is 0 Å². The van der Waals surface area contributed by atoms with E-state index in [2.05, 4.69) is 26.5 Å². The van der Waals surface area contributed by atoms with Crippen molar-refractivity contribution in [2.75, 3.05) is 7.11 Å². The van der Waals surface area contributed by atoms with Crippen LogP contribution in [-0.2, 0) is 0 Å². The molecule has 0 aliphatic carbocycles. The molecular formula is C18H19BrN2O4. The molecule has 2 N–H and O–H groups in total. The number of hydrazone groups is 1. The smallest absolute Gasteiger partial charge is 0.271 e. The number of methoxy groups -OCH3 is 1. The van der Waals surface area contributed by atoms with Gasteiger partial charge in [0.15, 0.2) is 11.5 Å². The first-order valence-corrected chi connectivity index (χ1v) is 8.36. The molecule has 7 heteroatoms. The highest BCUT2D eigenvalue weighted by molar-refractivity contribution is 9.10. The van der Waals surface area contributed by atoms with Crippen LogP contribution in [0.1, 0.15) is 29.8 Å². The zero-order valence-electron chi connectivity index (χ0n) is 14.1. The fraction of sp³-hybridized carbons (Fsp3) is 0.222. The van der Waals surface area contributed by atoms with Crippen molar-refractivity contribution in [1.29, 1.82) is 0 Å². The largest absolute Gasteiger partial charge is 0.508 e. The number of hydrogen-bond donors (Lipinski definition) is 2. The van der Waals surface area contributed by atoms with E-state index in [1.165, 1.54) is 30.5 Å². The minimum Gasteiger partial charge on any atom is -0.508 e. The zero-order valence-corrected chi connectivity index (χ0v) is 15.7. The molecule has 132 valence electrons. The molecule has 25 heavy (non-hydrogen) atoms. The Morgan fingerprint density at radius 1 is 1.28 bits per heavy atom. The Labute approximate surface area is 154 Å². The third-order valence-electron chi connectivity index (χ3n) is 3.11. The maximum atomic E-state index is 12.0. The number of nitrogens with zero attached hydrogens (tertiary/aromatic N) is 1. The number of amides is 1. The molecule has 0 atom stereocenters. The number of halogens is 1. The molecule has 1 amide bonds. The van der Waals surface area contributed by atoms with Gasteiger partial charge in [-0.15, -0.1) is 0 Å². The molecule has 0 fully saturated rings. The van der Waals surface area contributed by atoms with Gasteiger partial charge in [0, 0.05) is 5.56 Å². The van der Waals surface area contributed by atoms with Crippen molar-refractivity contribution in [3.8, 4) is 17.2 Å². The Hall–Kier alpha value is -2.54. The molecule has 0 heterocycles. The van der Waals surface area contributed by atoms with Crippen LogP contribution in [0, 0.1) is 0 Å². The van der Waals surface area contributed by atoms with E-state index in [1.807, 2.05) is 19.9 Å². The standard InChI is InChI=1S/C18H19BrN2O4/c1-11(2)25-17-15(19)8-12(9-16(17)24-3)10-20-21-18(23)13-4-6-14(22)7-5-13/h4-11,22H,1-3H3,(H,21,23)/b20-10-. The third-order valence-corrected chi connectivity index (χ3v) is 3.70. The lowest BCUT2D eigenvalue weighted by Gasteiger charge is -2.15. The number of phenolic OH excluding ortho intramolecular Hbond substituents is 1. The van der Waals surface area contributed by atoms with Crippen molar-refractivity contribution in [2.45, 2.75) is 20.0 Å². The first-order chi connectivity index (χ1) is 11.9. The van der Waals surface area contributed by atoms with Crippen LogP contribution in [0.4, 0.5) is 0 Å². The fourth-order valence-electron chi connectivity index (χ4n) is 2.01. The van der Waals surface area contributed by atoms with E-state index in [4.69, 9.17) is 9.47 Å². The second-order valence-electron chi connectivity index (χ2n) is 5.45. The Bertz CT molecular complexity index is 773. The van der Waals surface area contributed by atoms with E-state index < -0.39 is 0 Å². The minimum absolute atomic E-state index is 0.00862. The molecule has 6 nitrogen and oxygen atoms in total. The highest BCUT2D eigenvalue weighted by Gasteiger charge is 2.12. The molecule has 0 aromatic heterocycles. The monoisotopic (exact) mass is 406 g/mol. The normalized spacial score (nSPS) is 10.9. The molecule has 0 unspecified atom stereocenters. The zero-order chi connectivity index (χ0) is 18.4. The number of carbonyl (C=O) groups excluding carboxylic acids is 1. The lowest BCUT2D eigenvalue weighted by Crippen LogP contribution is -2.17. The third kappa shape index (κ3) is 5.22. The van der Waals surface area contributed by atoms with Gasteiger partial charge in [0.05, 0.1) is 23.9 Å². The number of phenols is 1. The van der Waals surface area contributed by atoms with Gasteiger partial charge in [-0.05, 0) is 71.7 Å². The van der Waals surface area contributed by atoms with Crippen LogP contribution in [0.25, 0.3) is 0 Å². The molecule has 2 aromatic rings. The predicted octanol–water partition coefficient (Wildman–Crippen LogP) is 3.71. The lowest BCUT2D eigenvalue weighted by molar-refractivity contribution is 0.0955.